The maximum Gasteiger partial charge on any atom is 0.263 e. The fourth-order valence-corrected chi connectivity index (χ4v) is 0.475. The van der Waals surface area contributed by atoms with Crippen LogP contribution in [-0.2, 0) is 9.59 Å². The second-order valence-corrected chi connectivity index (χ2v) is 2.19. The summed E-state index contributed by atoms with van der Waals surface area (Å²) in [5.41, 5.74) is 0. The van der Waals surface area contributed by atoms with E-state index < -0.39 is 10.5 Å². The average Bonchev–Trinajstić information content (AvgIpc) is 1.63. The fraction of sp³-hybridized carbons (Fsp3) is 0. The van der Waals surface area contributed by atoms with Crippen LogP contribution in [0, 0.1) is 0 Å². The molecule has 2 nitrogen and oxygen atoms in total. The Morgan fingerprint density at radius 2 is 1.56 bits per heavy atom. The van der Waals surface area contributed by atoms with Crippen molar-refractivity contribution in [3.8, 4) is 0 Å². The molecule has 5 heteroatoms. The van der Waals surface area contributed by atoms with Crippen molar-refractivity contribution in [2.24, 2.45) is 0 Å². The minimum Gasteiger partial charge on any atom is -0.276 e. The van der Waals surface area contributed by atoms with Gasteiger partial charge in [0.2, 0.25) is 5.24 Å². The highest BCUT2D eigenvalue weighted by molar-refractivity contribution is 6.76. The zero-order valence-corrected chi connectivity index (χ0v) is 6.30. The first kappa shape index (κ1) is 8.95. The van der Waals surface area contributed by atoms with Gasteiger partial charge in [-0.3, -0.25) is 9.59 Å². The summed E-state index contributed by atoms with van der Waals surface area (Å²) in [4.78, 5) is 20.0. The summed E-state index contributed by atoms with van der Waals surface area (Å²) in [7, 11) is 0. The Labute approximate surface area is 66.4 Å². The first-order valence-corrected chi connectivity index (χ1v) is 2.94. The van der Waals surface area contributed by atoms with Crippen LogP contribution < -0.4 is 0 Å². The van der Waals surface area contributed by atoms with E-state index in [-0.39, 0.29) is 5.03 Å². The second kappa shape index (κ2) is 3.88. The van der Waals surface area contributed by atoms with Crippen LogP contribution in [0.5, 0.6) is 0 Å². The zero-order chi connectivity index (χ0) is 7.44. The van der Waals surface area contributed by atoms with Gasteiger partial charge in [0.1, 0.15) is 5.03 Å². The van der Waals surface area contributed by atoms with Gasteiger partial charge in [-0.2, -0.15) is 0 Å². The molecular formula is C4HCl3O2. The number of allylic oxidation sites excluding steroid dienone is 2. The van der Waals surface area contributed by atoms with Crippen molar-refractivity contribution in [2.45, 2.75) is 0 Å². The lowest BCUT2D eigenvalue weighted by Crippen LogP contribution is -1.87. The summed E-state index contributed by atoms with van der Waals surface area (Å²) >= 11 is 14.7. The molecule has 0 bridgehead atoms. The second-order valence-electron chi connectivity index (χ2n) is 1.07. The standard InChI is InChI=1S/C4HCl3O2/c5-2(4(7)9)1-3(6)8/h1H. The lowest BCUT2D eigenvalue weighted by molar-refractivity contribution is -0.110. The van der Waals surface area contributed by atoms with E-state index in [9.17, 15) is 9.59 Å². The summed E-state index contributed by atoms with van der Waals surface area (Å²) in [6.45, 7) is 0. The zero-order valence-electron chi connectivity index (χ0n) is 4.03. The molecule has 0 fully saturated rings. The number of carbonyl (C=O) groups is 2. The van der Waals surface area contributed by atoms with Crippen molar-refractivity contribution < 1.29 is 9.59 Å². The van der Waals surface area contributed by atoms with Crippen molar-refractivity contribution in [2.75, 3.05) is 0 Å². The predicted molar refractivity (Wildman–Crippen MR) is 35.7 cm³/mol. The summed E-state index contributed by atoms with van der Waals surface area (Å²) in [5, 5.41) is -2.10. The molecule has 0 N–H and O–H groups in total. The van der Waals surface area contributed by atoms with Crippen molar-refractivity contribution in [1.82, 2.24) is 0 Å². The molecule has 0 aliphatic heterocycles. The van der Waals surface area contributed by atoms with Gasteiger partial charge in [-0.15, -0.1) is 0 Å². The third-order valence-corrected chi connectivity index (χ3v) is 1.12. The van der Waals surface area contributed by atoms with E-state index >= 15 is 0 Å². The molecule has 0 aromatic rings. The predicted octanol–water partition coefficient (Wildman–Crippen LogP) is 1.64. The molecule has 0 radical (unpaired) electrons. The Hall–Kier alpha value is -0.0500. The van der Waals surface area contributed by atoms with Crippen molar-refractivity contribution in [3.05, 3.63) is 11.1 Å². The highest BCUT2D eigenvalue weighted by atomic mass is 35.5. The van der Waals surface area contributed by atoms with E-state index in [0.29, 0.717) is 0 Å². The van der Waals surface area contributed by atoms with Crippen LogP contribution in [0.2, 0.25) is 0 Å². The number of halogens is 3. The van der Waals surface area contributed by atoms with Crippen LogP contribution in [0.15, 0.2) is 11.1 Å². The van der Waals surface area contributed by atoms with Crippen molar-refractivity contribution in [3.63, 3.8) is 0 Å². The van der Waals surface area contributed by atoms with E-state index in [4.69, 9.17) is 34.8 Å². The molecule has 0 aliphatic rings. The fourth-order valence-electron chi connectivity index (χ4n) is 0.156. The third-order valence-electron chi connectivity index (χ3n) is 0.428. The number of rotatable bonds is 2. The molecule has 9 heavy (non-hydrogen) atoms. The normalized spacial score (nSPS) is 11.2. The maximum atomic E-state index is 10.0. The van der Waals surface area contributed by atoms with Gasteiger partial charge < -0.3 is 0 Å². The van der Waals surface area contributed by atoms with Gasteiger partial charge in [-0.25, -0.2) is 0 Å². The maximum absolute atomic E-state index is 10.0. The summed E-state index contributed by atoms with van der Waals surface area (Å²) in [5.74, 6) is 0. The number of carbonyl (C=O) groups excluding carboxylic acids is 2. The SMILES string of the molecule is O=C(Cl)C=C(Cl)C(=O)Cl. The monoisotopic (exact) mass is 186 g/mol. The topological polar surface area (TPSA) is 34.1 Å². The smallest absolute Gasteiger partial charge is 0.263 e. The van der Waals surface area contributed by atoms with Crippen molar-refractivity contribution >= 4 is 45.3 Å². The summed E-state index contributed by atoms with van der Waals surface area (Å²) < 4.78 is 0. The summed E-state index contributed by atoms with van der Waals surface area (Å²) in [6.07, 6.45) is 0.735. The molecule has 0 amide bonds. The average molecular weight is 187 g/mol. The van der Waals surface area contributed by atoms with E-state index in [1.807, 2.05) is 0 Å². The van der Waals surface area contributed by atoms with E-state index in [0.717, 1.165) is 6.08 Å². The minimum atomic E-state index is -0.898. The lowest BCUT2D eigenvalue weighted by atomic mass is 10.5. The van der Waals surface area contributed by atoms with Crippen LogP contribution >= 0.6 is 34.8 Å². The minimum absolute atomic E-state index is 0.378. The Kier molecular flexibility index (Phi) is 3.86. The van der Waals surface area contributed by atoms with Crippen LogP contribution in [0.3, 0.4) is 0 Å². The van der Waals surface area contributed by atoms with Gasteiger partial charge in [0, 0.05) is 6.08 Å². The Morgan fingerprint density at radius 3 is 1.67 bits per heavy atom. The molecule has 0 aromatic carbocycles. The van der Waals surface area contributed by atoms with Gasteiger partial charge >= 0.3 is 0 Å². The van der Waals surface area contributed by atoms with Crippen LogP contribution in [-0.4, -0.2) is 10.5 Å². The van der Waals surface area contributed by atoms with Crippen LogP contribution in [0.25, 0.3) is 0 Å². The lowest BCUT2D eigenvalue weighted by Gasteiger charge is -1.81. The molecule has 0 rings (SSSR count). The molecule has 0 saturated heterocycles. The Balaban J connectivity index is 4.17. The molecule has 0 atom stereocenters. The first-order valence-electron chi connectivity index (χ1n) is 1.80. The summed E-state index contributed by atoms with van der Waals surface area (Å²) in [6, 6.07) is 0. The first-order chi connectivity index (χ1) is 4.04. The number of hydrogen-bond acceptors (Lipinski definition) is 2. The van der Waals surface area contributed by atoms with Crippen molar-refractivity contribution in [1.29, 1.82) is 0 Å². The highest BCUT2D eigenvalue weighted by Gasteiger charge is 2.02. The van der Waals surface area contributed by atoms with Gasteiger partial charge in [0.15, 0.2) is 0 Å². The Bertz CT molecular complexity index is 173. The molecular weight excluding hydrogens is 186 g/mol. The quantitative estimate of drug-likeness (QED) is 0.486. The highest BCUT2D eigenvalue weighted by Crippen LogP contribution is 2.05. The molecule has 0 aromatic heterocycles. The van der Waals surface area contributed by atoms with Crippen LogP contribution in [0.4, 0.5) is 0 Å². The largest absolute Gasteiger partial charge is 0.276 e. The van der Waals surface area contributed by atoms with E-state index in [2.05, 4.69) is 0 Å². The van der Waals surface area contributed by atoms with Gasteiger partial charge in [-0.05, 0) is 23.2 Å². The molecule has 50 valence electrons. The third kappa shape index (κ3) is 4.45. The van der Waals surface area contributed by atoms with Gasteiger partial charge in [0.25, 0.3) is 5.24 Å². The van der Waals surface area contributed by atoms with Gasteiger partial charge in [-0.1, -0.05) is 11.6 Å². The molecule has 0 heterocycles. The molecule has 0 saturated carbocycles. The number of hydrogen-bond donors (Lipinski definition) is 0. The van der Waals surface area contributed by atoms with Gasteiger partial charge in [0.05, 0.1) is 0 Å². The van der Waals surface area contributed by atoms with E-state index in [1.165, 1.54) is 0 Å². The van der Waals surface area contributed by atoms with E-state index in [1.54, 1.807) is 0 Å². The van der Waals surface area contributed by atoms with Crippen LogP contribution in [0.1, 0.15) is 0 Å². The molecule has 0 spiro atoms. The Morgan fingerprint density at radius 1 is 1.11 bits per heavy atom. The molecule has 0 unspecified atom stereocenters. The molecule has 0 aliphatic carbocycles.